The molecule has 0 saturated heterocycles. The minimum atomic E-state index is -1.40. The minimum Gasteiger partial charge on any atom is -0.365 e. The van der Waals surface area contributed by atoms with E-state index >= 15 is 0 Å². The second-order valence-corrected chi connectivity index (χ2v) is 5.74. The van der Waals surface area contributed by atoms with E-state index in [0.29, 0.717) is 16.9 Å². The maximum atomic E-state index is 12.5. The van der Waals surface area contributed by atoms with Gasteiger partial charge in [-0.05, 0) is 18.4 Å². The highest BCUT2D eigenvalue weighted by molar-refractivity contribution is 7.12. The lowest BCUT2D eigenvalue weighted by atomic mass is 9.97. The van der Waals surface area contributed by atoms with Crippen LogP contribution in [0.4, 0.5) is 0 Å². The molecule has 0 fully saturated rings. The molecule has 5 heteroatoms. The zero-order chi connectivity index (χ0) is 14.2. The van der Waals surface area contributed by atoms with Crippen molar-refractivity contribution in [1.82, 2.24) is 5.01 Å². The molecule has 1 aromatic carbocycles. The number of hydrogen-bond acceptors (Lipinski definition) is 4. The van der Waals surface area contributed by atoms with Crippen LogP contribution in [0.3, 0.4) is 0 Å². The van der Waals surface area contributed by atoms with Gasteiger partial charge in [0.15, 0.2) is 5.72 Å². The molecular weight excluding hydrogens is 272 g/mol. The van der Waals surface area contributed by atoms with Crippen LogP contribution >= 0.6 is 11.3 Å². The van der Waals surface area contributed by atoms with Gasteiger partial charge in [-0.2, -0.15) is 10.1 Å². The average Bonchev–Trinajstić information content (AvgIpc) is 3.08. The fraction of sp³-hybridized carbons (Fsp3) is 0.200. The van der Waals surface area contributed by atoms with Crippen LogP contribution < -0.4 is 0 Å². The number of aliphatic hydroxyl groups is 1. The molecule has 2 heterocycles. The van der Waals surface area contributed by atoms with Gasteiger partial charge >= 0.3 is 0 Å². The number of nitrogens with zero attached hydrogens (tertiary/aromatic N) is 2. The summed E-state index contributed by atoms with van der Waals surface area (Å²) in [5.41, 5.74) is 0.0126. The largest absolute Gasteiger partial charge is 0.365 e. The Balaban J connectivity index is 2.02. The molecule has 1 aliphatic heterocycles. The molecule has 0 radical (unpaired) electrons. The number of carbonyl (C=O) groups excluding carboxylic acids is 1. The summed E-state index contributed by atoms with van der Waals surface area (Å²) in [6.07, 6.45) is 0.328. The molecule has 102 valence electrons. The number of amides is 1. The van der Waals surface area contributed by atoms with Gasteiger partial charge < -0.3 is 5.11 Å². The molecule has 20 heavy (non-hydrogen) atoms. The molecule has 0 unspecified atom stereocenters. The monoisotopic (exact) mass is 286 g/mol. The lowest BCUT2D eigenvalue weighted by molar-refractivity contribution is -0.0763. The van der Waals surface area contributed by atoms with E-state index in [1.807, 2.05) is 48.7 Å². The fourth-order valence-corrected chi connectivity index (χ4v) is 3.02. The van der Waals surface area contributed by atoms with Gasteiger partial charge in [-0.1, -0.05) is 36.4 Å². The van der Waals surface area contributed by atoms with E-state index in [-0.39, 0.29) is 5.91 Å². The summed E-state index contributed by atoms with van der Waals surface area (Å²) in [4.78, 5) is 13.1. The SMILES string of the molecule is CC1=NN(C(=O)c2cccs2)[C@@](O)(c2ccccc2)C1. The van der Waals surface area contributed by atoms with Crippen molar-refractivity contribution < 1.29 is 9.90 Å². The van der Waals surface area contributed by atoms with Crippen LogP contribution in [-0.4, -0.2) is 21.7 Å². The summed E-state index contributed by atoms with van der Waals surface area (Å²) in [7, 11) is 0. The van der Waals surface area contributed by atoms with Crippen molar-refractivity contribution in [3.8, 4) is 0 Å². The normalized spacial score (nSPS) is 21.9. The molecule has 1 aromatic heterocycles. The molecule has 0 spiro atoms. The highest BCUT2D eigenvalue weighted by Gasteiger charge is 2.45. The van der Waals surface area contributed by atoms with Gasteiger partial charge in [0.05, 0.1) is 4.88 Å². The van der Waals surface area contributed by atoms with Crippen molar-refractivity contribution in [2.24, 2.45) is 5.10 Å². The quantitative estimate of drug-likeness (QED) is 0.923. The number of benzene rings is 1. The van der Waals surface area contributed by atoms with Crippen LogP contribution in [0.25, 0.3) is 0 Å². The van der Waals surface area contributed by atoms with E-state index < -0.39 is 5.72 Å². The summed E-state index contributed by atoms with van der Waals surface area (Å²) < 4.78 is 0. The van der Waals surface area contributed by atoms with Crippen molar-refractivity contribution in [3.63, 3.8) is 0 Å². The third-order valence-electron chi connectivity index (χ3n) is 3.28. The first-order chi connectivity index (χ1) is 9.61. The molecule has 1 amide bonds. The Kier molecular flexibility index (Phi) is 3.16. The smallest absolute Gasteiger partial charge is 0.286 e. The summed E-state index contributed by atoms with van der Waals surface area (Å²) in [6.45, 7) is 1.82. The van der Waals surface area contributed by atoms with E-state index in [1.54, 1.807) is 6.07 Å². The summed E-state index contributed by atoms with van der Waals surface area (Å²) in [5.74, 6) is -0.275. The third kappa shape index (κ3) is 2.05. The van der Waals surface area contributed by atoms with Crippen LogP contribution in [0.15, 0.2) is 52.9 Å². The van der Waals surface area contributed by atoms with Gasteiger partial charge in [-0.25, -0.2) is 0 Å². The predicted molar refractivity (Wildman–Crippen MR) is 78.6 cm³/mol. The molecule has 1 atom stereocenters. The van der Waals surface area contributed by atoms with Gasteiger partial charge in [-0.15, -0.1) is 11.3 Å². The van der Waals surface area contributed by atoms with Gasteiger partial charge in [-0.3, -0.25) is 4.79 Å². The van der Waals surface area contributed by atoms with Crippen molar-refractivity contribution in [2.75, 3.05) is 0 Å². The second kappa shape index (κ2) is 4.85. The maximum Gasteiger partial charge on any atom is 0.286 e. The second-order valence-electron chi connectivity index (χ2n) is 4.79. The summed E-state index contributed by atoms with van der Waals surface area (Å²) in [5, 5.41) is 18.2. The van der Waals surface area contributed by atoms with Gasteiger partial charge in [0.25, 0.3) is 5.91 Å². The van der Waals surface area contributed by atoms with Crippen molar-refractivity contribution in [3.05, 3.63) is 58.3 Å². The topological polar surface area (TPSA) is 52.9 Å². The first-order valence-electron chi connectivity index (χ1n) is 6.31. The highest BCUT2D eigenvalue weighted by Crippen LogP contribution is 2.36. The number of thiophene rings is 1. The molecule has 1 aliphatic rings. The van der Waals surface area contributed by atoms with Crippen molar-refractivity contribution >= 4 is 23.0 Å². The van der Waals surface area contributed by atoms with E-state index in [1.165, 1.54) is 16.3 Å². The molecule has 4 nitrogen and oxygen atoms in total. The van der Waals surface area contributed by atoms with Crippen LogP contribution in [0.2, 0.25) is 0 Å². The third-order valence-corrected chi connectivity index (χ3v) is 4.14. The predicted octanol–water partition coefficient (Wildman–Crippen LogP) is 2.82. The maximum absolute atomic E-state index is 12.5. The molecule has 1 N–H and O–H groups in total. The molecule has 0 bridgehead atoms. The van der Waals surface area contributed by atoms with E-state index in [0.717, 1.165) is 5.71 Å². The first kappa shape index (κ1) is 13.0. The van der Waals surface area contributed by atoms with Crippen molar-refractivity contribution in [1.29, 1.82) is 0 Å². The number of carbonyl (C=O) groups is 1. The molecule has 0 aliphatic carbocycles. The van der Waals surface area contributed by atoms with Crippen LogP contribution in [0, 0.1) is 0 Å². The molecule has 0 saturated carbocycles. The lowest BCUT2D eigenvalue weighted by Gasteiger charge is -2.31. The van der Waals surface area contributed by atoms with Crippen LogP contribution in [-0.2, 0) is 5.72 Å². The molecular formula is C15H14N2O2S. The summed E-state index contributed by atoms with van der Waals surface area (Å²) in [6, 6.07) is 12.7. The number of hydrazone groups is 1. The molecule has 3 rings (SSSR count). The van der Waals surface area contributed by atoms with Crippen LogP contribution in [0.5, 0.6) is 0 Å². The van der Waals surface area contributed by atoms with E-state index in [9.17, 15) is 9.90 Å². The summed E-state index contributed by atoms with van der Waals surface area (Å²) >= 11 is 1.34. The lowest BCUT2D eigenvalue weighted by Crippen LogP contribution is -2.43. The Morgan fingerprint density at radius 1 is 1.30 bits per heavy atom. The van der Waals surface area contributed by atoms with Crippen molar-refractivity contribution in [2.45, 2.75) is 19.1 Å². The zero-order valence-electron chi connectivity index (χ0n) is 11.0. The van der Waals surface area contributed by atoms with Gasteiger partial charge in [0.1, 0.15) is 0 Å². The standard InChI is InChI=1S/C15H14N2O2S/c1-11-10-15(19,12-6-3-2-4-7-12)17(16-11)14(18)13-8-5-9-20-13/h2-9,19H,10H2,1H3/t15-/m0/s1. The van der Waals surface area contributed by atoms with E-state index in [4.69, 9.17) is 0 Å². The molecule has 2 aromatic rings. The highest BCUT2D eigenvalue weighted by atomic mass is 32.1. The Labute approximate surface area is 121 Å². The zero-order valence-corrected chi connectivity index (χ0v) is 11.8. The average molecular weight is 286 g/mol. The number of rotatable bonds is 2. The first-order valence-corrected chi connectivity index (χ1v) is 7.19. The van der Waals surface area contributed by atoms with Gasteiger partial charge in [0.2, 0.25) is 0 Å². The Morgan fingerprint density at radius 2 is 2.05 bits per heavy atom. The Hall–Kier alpha value is -1.98. The Morgan fingerprint density at radius 3 is 2.70 bits per heavy atom. The minimum absolute atomic E-state index is 0.275. The number of hydrogen-bond donors (Lipinski definition) is 1. The van der Waals surface area contributed by atoms with Gasteiger partial charge in [0, 0.05) is 17.7 Å². The van der Waals surface area contributed by atoms with E-state index in [2.05, 4.69) is 5.10 Å². The fourth-order valence-electron chi connectivity index (χ4n) is 2.37. The Bertz CT molecular complexity index is 652. The van der Waals surface area contributed by atoms with Crippen LogP contribution in [0.1, 0.15) is 28.6 Å².